The molecule has 0 spiro atoms. The van der Waals surface area contributed by atoms with E-state index in [4.69, 9.17) is 18.9 Å². The Hall–Kier alpha value is -9.94. The Balaban J connectivity index is 0.855. The normalized spacial score (nSPS) is 11.5. The molecule has 0 saturated carbocycles. The van der Waals surface area contributed by atoms with E-state index < -0.39 is 23.9 Å². The molecule has 0 bridgehead atoms. The summed E-state index contributed by atoms with van der Waals surface area (Å²) in [5.41, 5.74) is 7.50. The minimum absolute atomic E-state index is 0.168. The molecule has 9 rings (SSSR count). The van der Waals surface area contributed by atoms with Crippen LogP contribution < -0.4 is 40.2 Å². The van der Waals surface area contributed by atoms with Gasteiger partial charge in [-0.1, -0.05) is 218 Å². The van der Waals surface area contributed by atoms with Crippen molar-refractivity contribution in [3.63, 3.8) is 0 Å². The van der Waals surface area contributed by atoms with Crippen LogP contribution in [0.1, 0.15) is 65.2 Å². The number of carbonyl (C=O) groups excluding carboxylic acids is 4. The highest BCUT2D eigenvalue weighted by Crippen LogP contribution is 2.35. The molecule has 0 heterocycles. The number of carbonyl (C=O) groups is 4. The average molecular weight is 1060 g/mol. The third kappa shape index (κ3) is 16.1. The van der Waals surface area contributed by atoms with E-state index in [1.165, 1.54) is 0 Å². The highest BCUT2D eigenvalue weighted by atomic mass is 16.5. The van der Waals surface area contributed by atoms with Crippen LogP contribution in [0, 0.1) is 0 Å². The van der Waals surface area contributed by atoms with Gasteiger partial charge in [-0.25, -0.2) is 0 Å². The maximum atomic E-state index is 14.4. The van der Waals surface area contributed by atoms with E-state index in [9.17, 15) is 19.2 Å². The fraction of sp³-hybridized carbons (Fsp3) is 0.147. The number of amides is 4. The Kier molecular flexibility index (Phi) is 19.5. The standard InChI is InChI=1S/C68H62N4O8/c73-65(57-33-19-35-61(77-45-53-25-11-3-12-26-53)63(57)79-47-55-29-15-5-16-30-55)71-59(41-49-21-7-1-8-22-49)67(75)69-43-51-37-39-52(40-38-51)44-70-68(76)60(42-50-23-9-2-10-24-50)72-66(74)58-34-20-36-62(78-46-54-27-13-4-14-28-54)64(58)80-48-56-31-17-6-18-32-56/h1-40,59-60H,41-48H2,(H,69,75)(H,70,76)(H,71,73)(H,72,74)/t59-,60-/m0/s1. The lowest BCUT2D eigenvalue weighted by molar-refractivity contribution is -0.123. The summed E-state index contributed by atoms with van der Waals surface area (Å²) in [4.78, 5) is 57.0. The SMILES string of the molecule is O=C(N[C@@H](Cc1ccccc1)C(=O)NCc1ccc(CNC(=O)[C@H](Cc2ccccc2)NC(=O)c2cccc(OCc3ccccc3)c2OCc2ccccc2)cc1)c1cccc(OCc2ccccc2)c1OCc1ccccc1. The predicted molar refractivity (Wildman–Crippen MR) is 309 cm³/mol. The molecule has 80 heavy (non-hydrogen) atoms. The summed E-state index contributed by atoms with van der Waals surface area (Å²) in [7, 11) is 0. The van der Waals surface area contributed by atoms with Crippen molar-refractivity contribution in [3.8, 4) is 23.0 Å². The molecule has 9 aromatic carbocycles. The summed E-state index contributed by atoms with van der Waals surface area (Å²) in [5.74, 6) is -0.437. The number of nitrogens with one attached hydrogen (secondary N) is 4. The molecule has 0 aliphatic rings. The van der Waals surface area contributed by atoms with Gasteiger partial charge in [-0.2, -0.15) is 0 Å². The first-order chi connectivity index (χ1) is 39.3. The van der Waals surface area contributed by atoms with Gasteiger partial charge in [-0.15, -0.1) is 0 Å². The van der Waals surface area contributed by atoms with Crippen LogP contribution in [0.2, 0.25) is 0 Å². The maximum absolute atomic E-state index is 14.4. The quantitative estimate of drug-likeness (QED) is 0.0418. The average Bonchev–Trinajstić information content (AvgIpc) is 3.51. The first-order valence-electron chi connectivity index (χ1n) is 26.6. The van der Waals surface area contributed by atoms with Gasteiger partial charge in [-0.05, 0) is 68.8 Å². The van der Waals surface area contributed by atoms with Crippen molar-refractivity contribution in [2.45, 2.75) is 64.4 Å². The lowest BCUT2D eigenvalue weighted by Crippen LogP contribution is -2.48. The highest BCUT2D eigenvalue weighted by Gasteiger charge is 2.27. The Bertz CT molecular complexity index is 3180. The Morgan fingerprint density at radius 1 is 0.300 bits per heavy atom. The van der Waals surface area contributed by atoms with Gasteiger partial charge in [-0.3, -0.25) is 19.2 Å². The van der Waals surface area contributed by atoms with Crippen molar-refractivity contribution < 1.29 is 38.1 Å². The van der Waals surface area contributed by atoms with Crippen molar-refractivity contribution in [1.29, 1.82) is 0 Å². The van der Waals surface area contributed by atoms with Crippen LogP contribution in [-0.4, -0.2) is 35.7 Å². The van der Waals surface area contributed by atoms with E-state index in [2.05, 4.69) is 21.3 Å². The molecule has 12 nitrogen and oxygen atoms in total. The van der Waals surface area contributed by atoms with Gasteiger partial charge >= 0.3 is 0 Å². The van der Waals surface area contributed by atoms with E-state index in [0.29, 0.717) is 11.5 Å². The molecule has 0 saturated heterocycles. The van der Waals surface area contributed by atoms with Crippen molar-refractivity contribution >= 4 is 23.6 Å². The summed E-state index contributed by atoms with van der Waals surface area (Å²) in [5, 5.41) is 12.1. The van der Waals surface area contributed by atoms with Crippen LogP contribution in [0.4, 0.5) is 0 Å². The van der Waals surface area contributed by atoms with Crippen molar-refractivity contribution in [3.05, 3.63) is 298 Å². The number of hydrogen-bond acceptors (Lipinski definition) is 8. The second-order valence-corrected chi connectivity index (χ2v) is 19.0. The summed E-state index contributed by atoms with van der Waals surface area (Å²) >= 11 is 0. The highest BCUT2D eigenvalue weighted by molar-refractivity contribution is 6.01. The zero-order valence-electron chi connectivity index (χ0n) is 44.2. The first kappa shape index (κ1) is 54.8. The maximum Gasteiger partial charge on any atom is 0.255 e. The zero-order chi connectivity index (χ0) is 55.1. The molecule has 0 fully saturated rings. The van der Waals surface area contributed by atoms with Crippen LogP contribution >= 0.6 is 0 Å². The van der Waals surface area contributed by atoms with Crippen molar-refractivity contribution in [2.24, 2.45) is 0 Å². The lowest BCUT2D eigenvalue weighted by Gasteiger charge is -2.21. The third-order valence-corrected chi connectivity index (χ3v) is 13.1. The Labute approximate surface area is 466 Å². The minimum Gasteiger partial charge on any atom is -0.485 e. The molecule has 4 N–H and O–H groups in total. The molecule has 2 atom stereocenters. The van der Waals surface area contributed by atoms with Gasteiger partial charge in [0.1, 0.15) is 38.5 Å². The van der Waals surface area contributed by atoms with E-state index in [1.54, 1.807) is 36.4 Å². The molecule has 0 aliphatic carbocycles. The molecule has 402 valence electrons. The molecule has 0 aromatic heterocycles. The van der Waals surface area contributed by atoms with Gasteiger partial charge in [0.15, 0.2) is 23.0 Å². The zero-order valence-corrected chi connectivity index (χ0v) is 44.2. The van der Waals surface area contributed by atoms with E-state index >= 15 is 0 Å². The molecular formula is C68H62N4O8. The molecule has 0 radical (unpaired) electrons. The van der Waals surface area contributed by atoms with Crippen LogP contribution in [0.3, 0.4) is 0 Å². The lowest BCUT2D eigenvalue weighted by atomic mass is 10.0. The van der Waals surface area contributed by atoms with Gasteiger partial charge in [0.05, 0.1) is 11.1 Å². The fourth-order valence-electron chi connectivity index (χ4n) is 8.83. The van der Waals surface area contributed by atoms with Gasteiger partial charge < -0.3 is 40.2 Å². The van der Waals surface area contributed by atoms with Crippen LogP contribution in [-0.2, 0) is 61.9 Å². The molecule has 0 aliphatic heterocycles. The largest absolute Gasteiger partial charge is 0.485 e. The fourth-order valence-corrected chi connectivity index (χ4v) is 8.83. The van der Waals surface area contributed by atoms with Crippen LogP contribution in [0.5, 0.6) is 23.0 Å². The van der Waals surface area contributed by atoms with E-state index in [-0.39, 0.29) is 86.8 Å². The number of hydrogen-bond donors (Lipinski definition) is 4. The smallest absolute Gasteiger partial charge is 0.255 e. The number of rotatable bonds is 26. The van der Waals surface area contributed by atoms with Crippen LogP contribution in [0.15, 0.2) is 243 Å². The molecule has 0 unspecified atom stereocenters. The van der Waals surface area contributed by atoms with E-state index in [1.807, 2.05) is 206 Å². The number of ether oxygens (including phenoxy) is 4. The van der Waals surface area contributed by atoms with Crippen molar-refractivity contribution in [2.75, 3.05) is 0 Å². The molecule has 9 aromatic rings. The van der Waals surface area contributed by atoms with E-state index in [0.717, 1.165) is 44.5 Å². The number of benzene rings is 9. The first-order valence-corrected chi connectivity index (χ1v) is 26.6. The second kappa shape index (κ2) is 28.4. The monoisotopic (exact) mass is 1060 g/mol. The van der Waals surface area contributed by atoms with Gasteiger partial charge in [0.25, 0.3) is 11.8 Å². The molecule has 4 amide bonds. The topological polar surface area (TPSA) is 153 Å². The van der Waals surface area contributed by atoms with Crippen molar-refractivity contribution in [1.82, 2.24) is 21.3 Å². The second-order valence-electron chi connectivity index (χ2n) is 19.0. The third-order valence-electron chi connectivity index (χ3n) is 13.1. The molecule has 12 heteroatoms. The van der Waals surface area contributed by atoms with Gasteiger partial charge in [0.2, 0.25) is 11.8 Å². The Morgan fingerprint density at radius 3 is 0.900 bits per heavy atom. The summed E-state index contributed by atoms with van der Waals surface area (Å²) in [6.07, 6.45) is 0.456. The number of para-hydroxylation sites is 2. The summed E-state index contributed by atoms with van der Waals surface area (Å²) in [6, 6.07) is 73.7. The molecular weight excluding hydrogens is 1000 g/mol. The van der Waals surface area contributed by atoms with Crippen LogP contribution in [0.25, 0.3) is 0 Å². The summed E-state index contributed by atoms with van der Waals surface area (Å²) in [6.45, 7) is 1.23. The van der Waals surface area contributed by atoms with Gasteiger partial charge in [0, 0.05) is 25.9 Å². The predicted octanol–water partition coefficient (Wildman–Crippen LogP) is 11.3. The minimum atomic E-state index is -0.954. The Morgan fingerprint density at radius 2 is 0.588 bits per heavy atom. The summed E-state index contributed by atoms with van der Waals surface area (Å²) < 4.78 is 25.2.